The van der Waals surface area contributed by atoms with Crippen LogP contribution in [-0.4, -0.2) is 27.7 Å². The van der Waals surface area contributed by atoms with Gasteiger partial charge in [0.25, 0.3) is 0 Å². The van der Waals surface area contributed by atoms with E-state index in [9.17, 15) is 0 Å². The fraction of sp³-hybridized carbons (Fsp3) is 0.455. The van der Waals surface area contributed by atoms with Crippen molar-refractivity contribution in [3.63, 3.8) is 0 Å². The van der Waals surface area contributed by atoms with Crippen molar-refractivity contribution in [3.05, 3.63) is 24.0 Å². The van der Waals surface area contributed by atoms with Gasteiger partial charge in [0, 0.05) is 43.0 Å². The lowest BCUT2D eigenvalue weighted by Gasteiger charge is -2.10. The molecule has 2 aromatic heterocycles. The Hall–Kier alpha value is -1.20. The number of ether oxygens (including phenoxy) is 1. The molecule has 0 N–H and O–H groups in total. The summed E-state index contributed by atoms with van der Waals surface area (Å²) in [4.78, 5) is 8.67. The molecule has 1 fully saturated rings. The lowest BCUT2D eigenvalue weighted by molar-refractivity contribution is 0.182. The number of imidazole rings is 1. The van der Waals surface area contributed by atoms with Gasteiger partial charge in [-0.1, -0.05) is 0 Å². The van der Waals surface area contributed by atoms with Crippen LogP contribution in [-0.2, 0) is 11.3 Å². The number of thiazole rings is 1. The molecule has 3 rings (SSSR count). The summed E-state index contributed by atoms with van der Waals surface area (Å²) in [6.07, 6.45) is 6.83. The van der Waals surface area contributed by atoms with E-state index >= 15 is 0 Å². The topological polar surface area (TPSA) is 39.9 Å². The molecule has 1 aliphatic rings. The van der Waals surface area contributed by atoms with Crippen molar-refractivity contribution >= 4 is 11.3 Å². The van der Waals surface area contributed by atoms with E-state index in [-0.39, 0.29) is 0 Å². The molecule has 0 saturated carbocycles. The summed E-state index contributed by atoms with van der Waals surface area (Å²) in [5.74, 6) is 1.59. The predicted octanol–water partition coefficient (Wildman–Crippen LogP) is 2.04. The summed E-state index contributed by atoms with van der Waals surface area (Å²) in [7, 11) is 0. The molecule has 1 atom stereocenters. The number of hydrogen-bond donors (Lipinski definition) is 0. The average molecular weight is 235 g/mol. The van der Waals surface area contributed by atoms with Crippen LogP contribution in [0.15, 0.2) is 24.0 Å². The average Bonchev–Trinajstić information content (AvgIpc) is 2.98. The minimum atomic E-state index is 0.618. The van der Waals surface area contributed by atoms with Gasteiger partial charge in [-0.15, -0.1) is 11.3 Å². The molecule has 0 aromatic carbocycles. The Morgan fingerprint density at radius 2 is 2.44 bits per heavy atom. The lowest BCUT2D eigenvalue weighted by atomic mass is 10.1. The second-order valence-corrected chi connectivity index (χ2v) is 4.86. The molecule has 4 nitrogen and oxygen atoms in total. The molecule has 0 bridgehead atoms. The summed E-state index contributed by atoms with van der Waals surface area (Å²) in [6, 6.07) is 0. The van der Waals surface area contributed by atoms with Gasteiger partial charge in [-0.3, -0.25) is 0 Å². The van der Waals surface area contributed by atoms with Crippen molar-refractivity contribution in [1.29, 1.82) is 0 Å². The van der Waals surface area contributed by atoms with Crippen LogP contribution in [0.3, 0.4) is 0 Å². The van der Waals surface area contributed by atoms with Crippen LogP contribution in [0.2, 0.25) is 0 Å². The van der Waals surface area contributed by atoms with Gasteiger partial charge in [0.2, 0.25) is 0 Å². The third kappa shape index (κ3) is 1.88. The Labute approximate surface area is 97.9 Å². The van der Waals surface area contributed by atoms with Crippen LogP contribution < -0.4 is 0 Å². The van der Waals surface area contributed by atoms with Crippen molar-refractivity contribution in [2.45, 2.75) is 13.0 Å². The van der Waals surface area contributed by atoms with Crippen LogP contribution in [0.5, 0.6) is 0 Å². The molecular weight excluding hydrogens is 222 g/mol. The summed E-state index contributed by atoms with van der Waals surface area (Å²) >= 11 is 1.63. The zero-order valence-electron chi connectivity index (χ0n) is 8.87. The minimum absolute atomic E-state index is 0.618. The molecular formula is C11H13N3OS. The Morgan fingerprint density at radius 3 is 3.19 bits per heavy atom. The fourth-order valence-electron chi connectivity index (χ4n) is 1.99. The quantitative estimate of drug-likeness (QED) is 0.817. The van der Waals surface area contributed by atoms with Crippen molar-refractivity contribution < 1.29 is 4.74 Å². The molecule has 16 heavy (non-hydrogen) atoms. The summed E-state index contributed by atoms with van der Waals surface area (Å²) in [5, 5.41) is 2.97. The van der Waals surface area contributed by atoms with Gasteiger partial charge in [-0.2, -0.15) is 0 Å². The summed E-state index contributed by atoms with van der Waals surface area (Å²) < 4.78 is 7.57. The predicted molar refractivity (Wildman–Crippen MR) is 62.3 cm³/mol. The first-order valence-electron chi connectivity index (χ1n) is 5.42. The smallest absolute Gasteiger partial charge is 0.169 e. The number of nitrogens with zero attached hydrogens (tertiary/aromatic N) is 3. The van der Waals surface area contributed by atoms with E-state index in [1.165, 1.54) is 0 Å². The third-order valence-corrected chi connectivity index (χ3v) is 3.59. The maximum Gasteiger partial charge on any atom is 0.169 e. The van der Waals surface area contributed by atoms with E-state index in [1.807, 2.05) is 24.0 Å². The Balaban J connectivity index is 1.82. The monoisotopic (exact) mass is 235 g/mol. The van der Waals surface area contributed by atoms with Crippen molar-refractivity contribution in [3.8, 4) is 10.8 Å². The van der Waals surface area contributed by atoms with Crippen LogP contribution in [0.4, 0.5) is 0 Å². The molecule has 0 radical (unpaired) electrons. The van der Waals surface area contributed by atoms with E-state index in [0.29, 0.717) is 5.92 Å². The molecule has 0 amide bonds. The Bertz CT molecular complexity index is 446. The van der Waals surface area contributed by atoms with Crippen molar-refractivity contribution in [1.82, 2.24) is 14.5 Å². The lowest BCUT2D eigenvalue weighted by Crippen LogP contribution is -2.10. The molecule has 0 aliphatic carbocycles. The van der Waals surface area contributed by atoms with Gasteiger partial charge in [0.15, 0.2) is 10.8 Å². The van der Waals surface area contributed by atoms with Crippen LogP contribution in [0.1, 0.15) is 6.42 Å². The van der Waals surface area contributed by atoms with E-state index in [0.717, 1.165) is 37.0 Å². The molecule has 1 saturated heterocycles. The van der Waals surface area contributed by atoms with Gasteiger partial charge in [-0.25, -0.2) is 9.97 Å². The molecule has 0 spiro atoms. The van der Waals surface area contributed by atoms with Gasteiger partial charge < -0.3 is 9.30 Å². The van der Waals surface area contributed by atoms with Crippen LogP contribution in [0.25, 0.3) is 10.8 Å². The van der Waals surface area contributed by atoms with E-state index in [4.69, 9.17) is 4.74 Å². The van der Waals surface area contributed by atoms with Gasteiger partial charge >= 0.3 is 0 Å². The minimum Gasteiger partial charge on any atom is -0.381 e. The summed E-state index contributed by atoms with van der Waals surface area (Å²) in [6.45, 7) is 2.75. The first-order chi connectivity index (χ1) is 7.93. The Morgan fingerprint density at radius 1 is 1.44 bits per heavy atom. The zero-order chi connectivity index (χ0) is 10.8. The zero-order valence-corrected chi connectivity index (χ0v) is 9.69. The van der Waals surface area contributed by atoms with Crippen LogP contribution >= 0.6 is 11.3 Å². The van der Waals surface area contributed by atoms with Gasteiger partial charge in [0.05, 0.1) is 6.61 Å². The highest BCUT2D eigenvalue weighted by Crippen LogP contribution is 2.22. The number of rotatable bonds is 3. The molecule has 5 heteroatoms. The van der Waals surface area contributed by atoms with Crippen LogP contribution in [0, 0.1) is 5.92 Å². The van der Waals surface area contributed by atoms with Crippen molar-refractivity contribution in [2.24, 2.45) is 5.92 Å². The highest BCUT2D eigenvalue weighted by Gasteiger charge is 2.18. The fourth-order valence-corrected chi connectivity index (χ4v) is 2.64. The first kappa shape index (κ1) is 9.99. The van der Waals surface area contributed by atoms with Crippen molar-refractivity contribution in [2.75, 3.05) is 13.2 Å². The van der Waals surface area contributed by atoms with Gasteiger partial charge in [0.1, 0.15) is 0 Å². The van der Waals surface area contributed by atoms with Gasteiger partial charge in [-0.05, 0) is 6.42 Å². The SMILES string of the molecule is c1csc(-c2nccn2CC2CCOC2)n1. The maximum atomic E-state index is 5.39. The second-order valence-electron chi connectivity index (χ2n) is 3.97. The highest BCUT2D eigenvalue weighted by molar-refractivity contribution is 7.13. The number of hydrogen-bond acceptors (Lipinski definition) is 4. The first-order valence-corrected chi connectivity index (χ1v) is 6.30. The highest BCUT2D eigenvalue weighted by atomic mass is 32.1. The van der Waals surface area contributed by atoms with E-state index < -0.39 is 0 Å². The molecule has 84 valence electrons. The largest absolute Gasteiger partial charge is 0.381 e. The molecule has 1 aliphatic heterocycles. The molecule has 1 unspecified atom stereocenters. The normalized spacial score (nSPS) is 20.4. The third-order valence-electron chi connectivity index (χ3n) is 2.82. The van der Waals surface area contributed by atoms with E-state index in [1.54, 1.807) is 11.3 Å². The number of aromatic nitrogens is 3. The molecule has 2 aromatic rings. The van der Waals surface area contributed by atoms with E-state index in [2.05, 4.69) is 14.5 Å². The Kier molecular flexibility index (Phi) is 2.71. The standard InChI is InChI=1S/C11H13N3OS/c1-5-15-8-9(1)7-14-4-2-12-10(14)11-13-3-6-16-11/h2-4,6,9H,1,5,7-8H2. The molecule has 3 heterocycles. The second kappa shape index (κ2) is 4.35. The summed E-state index contributed by atoms with van der Waals surface area (Å²) in [5.41, 5.74) is 0. The maximum absolute atomic E-state index is 5.39.